The predicted octanol–water partition coefficient (Wildman–Crippen LogP) is 1.97. The zero-order chi connectivity index (χ0) is 11.1. The lowest BCUT2D eigenvalue weighted by Gasteiger charge is -2.06. The van der Waals surface area contributed by atoms with Crippen molar-refractivity contribution in [2.24, 2.45) is 0 Å². The Kier molecular flexibility index (Phi) is 4.71. The van der Waals surface area contributed by atoms with Crippen molar-refractivity contribution in [3.05, 3.63) is 41.9 Å². The molecule has 0 saturated carbocycles. The normalized spacial score (nSPS) is 9.40. The molecule has 0 heterocycles. The summed E-state index contributed by atoms with van der Waals surface area (Å²) in [7, 11) is 0. The maximum absolute atomic E-state index is 11.2. The van der Waals surface area contributed by atoms with Crippen LogP contribution in [-0.4, -0.2) is 19.0 Å². The molecule has 1 rings (SSSR count). The van der Waals surface area contributed by atoms with Crippen LogP contribution in [0.5, 0.6) is 0 Å². The minimum Gasteiger partial charge on any atom is -0.376 e. The van der Waals surface area contributed by atoms with Crippen molar-refractivity contribution in [2.75, 3.05) is 18.4 Å². The number of halogens is 1. The fraction of sp³-hybridized carbons (Fsp3) is 0.182. The Hall–Kier alpha value is -1.48. The first-order valence-corrected chi connectivity index (χ1v) is 4.95. The Morgan fingerprint density at radius 3 is 2.53 bits per heavy atom. The highest BCUT2D eigenvalue weighted by molar-refractivity contribution is 6.29. The number of para-hydroxylation sites is 1. The highest BCUT2D eigenvalue weighted by Crippen LogP contribution is 2.03. The lowest BCUT2D eigenvalue weighted by molar-refractivity contribution is -0.119. The summed E-state index contributed by atoms with van der Waals surface area (Å²) in [6, 6.07) is 9.52. The van der Waals surface area contributed by atoms with Crippen LogP contribution in [0.4, 0.5) is 5.69 Å². The van der Waals surface area contributed by atoms with Gasteiger partial charge in [0.2, 0.25) is 5.91 Å². The Labute approximate surface area is 94.1 Å². The molecule has 0 bridgehead atoms. The first-order valence-electron chi connectivity index (χ1n) is 4.57. The van der Waals surface area contributed by atoms with Gasteiger partial charge in [0.1, 0.15) is 0 Å². The van der Waals surface area contributed by atoms with Gasteiger partial charge in [0, 0.05) is 10.7 Å². The van der Waals surface area contributed by atoms with E-state index in [1.165, 1.54) is 0 Å². The fourth-order valence-electron chi connectivity index (χ4n) is 0.995. The number of amides is 1. The van der Waals surface area contributed by atoms with Crippen molar-refractivity contribution >= 4 is 23.2 Å². The molecule has 2 N–H and O–H groups in total. The molecule has 0 radical (unpaired) electrons. The molecule has 0 aromatic heterocycles. The van der Waals surface area contributed by atoms with E-state index in [1.807, 2.05) is 30.3 Å². The molecule has 0 aliphatic carbocycles. The van der Waals surface area contributed by atoms with Gasteiger partial charge < -0.3 is 10.6 Å². The summed E-state index contributed by atoms with van der Waals surface area (Å²) in [6.45, 7) is 4.01. The quantitative estimate of drug-likeness (QED) is 0.803. The van der Waals surface area contributed by atoms with Gasteiger partial charge in [-0.25, -0.2) is 0 Å². The molecule has 1 aromatic carbocycles. The minimum absolute atomic E-state index is 0.111. The van der Waals surface area contributed by atoms with E-state index in [4.69, 9.17) is 11.6 Å². The van der Waals surface area contributed by atoms with Gasteiger partial charge in [-0.15, -0.1) is 0 Å². The van der Waals surface area contributed by atoms with Gasteiger partial charge in [-0.3, -0.25) is 4.79 Å². The van der Waals surface area contributed by atoms with Gasteiger partial charge in [-0.2, -0.15) is 0 Å². The monoisotopic (exact) mass is 224 g/mol. The number of carbonyl (C=O) groups is 1. The number of benzene rings is 1. The van der Waals surface area contributed by atoms with E-state index in [9.17, 15) is 4.79 Å². The molecule has 0 spiro atoms. The van der Waals surface area contributed by atoms with E-state index in [2.05, 4.69) is 17.2 Å². The van der Waals surface area contributed by atoms with Crippen LogP contribution in [0.3, 0.4) is 0 Å². The summed E-state index contributed by atoms with van der Waals surface area (Å²) in [6.07, 6.45) is 0. The molecule has 1 aromatic rings. The van der Waals surface area contributed by atoms with Gasteiger partial charge in [0.15, 0.2) is 0 Å². The molecular weight excluding hydrogens is 212 g/mol. The second-order valence-corrected chi connectivity index (χ2v) is 3.55. The van der Waals surface area contributed by atoms with E-state index in [1.54, 1.807) is 0 Å². The second kappa shape index (κ2) is 6.09. The van der Waals surface area contributed by atoms with Crippen LogP contribution < -0.4 is 10.6 Å². The highest BCUT2D eigenvalue weighted by Gasteiger charge is 1.99. The Balaban J connectivity index is 2.26. The summed E-state index contributed by atoms with van der Waals surface area (Å²) >= 11 is 5.51. The standard InChI is InChI=1S/C11H13ClN2O/c1-9(12)7-14-11(15)8-13-10-5-3-2-4-6-10/h2-6,13H,1,7-8H2,(H,14,15). The molecular formula is C11H13ClN2O. The topological polar surface area (TPSA) is 41.1 Å². The van der Waals surface area contributed by atoms with Crippen LogP contribution in [0.2, 0.25) is 0 Å². The van der Waals surface area contributed by atoms with Crippen molar-refractivity contribution < 1.29 is 4.79 Å². The maximum atomic E-state index is 11.2. The molecule has 0 unspecified atom stereocenters. The molecule has 1 amide bonds. The Morgan fingerprint density at radius 1 is 1.27 bits per heavy atom. The zero-order valence-corrected chi connectivity index (χ0v) is 9.05. The van der Waals surface area contributed by atoms with Gasteiger partial charge in [0.05, 0.1) is 13.1 Å². The first kappa shape index (κ1) is 11.6. The van der Waals surface area contributed by atoms with E-state index in [-0.39, 0.29) is 12.5 Å². The summed E-state index contributed by atoms with van der Waals surface area (Å²) in [5, 5.41) is 6.02. The average Bonchev–Trinajstić information content (AvgIpc) is 2.25. The first-order chi connectivity index (χ1) is 7.18. The molecule has 3 nitrogen and oxygen atoms in total. The van der Waals surface area contributed by atoms with Crippen molar-refractivity contribution in [1.29, 1.82) is 0 Å². The molecule has 15 heavy (non-hydrogen) atoms. The molecule has 0 aliphatic rings. The summed E-state index contributed by atoms with van der Waals surface area (Å²) in [5.74, 6) is -0.111. The van der Waals surface area contributed by atoms with Crippen LogP contribution in [-0.2, 0) is 4.79 Å². The van der Waals surface area contributed by atoms with Crippen LogP contribution in [0, 0.1) is 0 Å². The smallest absolute Gasteiger partial charge is 0.239 e. The fourth-order valence-corrected chi connectivity index (χ4v) is 1.06. The summed E-state index contributed by atoms with van der Waals surface area (Å²) in [4.78, 5) is 11.2. The number of hydrogen-bond donors (Lipinski definition) is 2. The average molecular weight is 225 g/mol. The predicted molar refractivity (Wildman–Crippen MR) is 62.9 cm³/mol. The maximum Gasteiger partial charge on any atom is 0.239 e. The van der Waals surface area contributed by atoms with Crippen LogP contribution in [0.15, 0.2) is 41.9 Å². The lowest BCUT2D eigenvalue weighted by atomic mass is 10.3. The van der Waals surface area contributed by atoms with Crippen molar-refractivity contribution in [2.45, 2.75) is 0 Å². The van der Waals surface area contributed by atoms with Gasteiger partial charge in [0.25, 0.3) is 0 Å². The number of anilines is 1. The molecule has 80 valence electrons. The molecule has 0 atom stereocenters. The molecule has 0 fully saturated rings. The number of carbonyl (C=O) groups excluding carboxylic acids is 1. The SMILES string of the molecule is C=C(Cl)CNC(=O)CNc1ccccc1. The second-order valence-electron chi connectivity index (χ2n) is 3.01. The zero-order valence-electron chi connectivity index (χ0n) is 8.29. The lowest BCUT2D eigenvalue weighted by Crippen LogP contribution is -2.30. The molecule has 0 saturated heterocycles. The number of rotatable bonds is 5. The Bertz CT molecular complexity index is 338. The van der Waals surface area contributed by atoms with Crippen molar-refractivity contribution in [3.8, 4) is 0 Å². The third kappa shape index (κ3) is 5.08. The summed E-state index contributed by atoms with van der Waals surface area (Å²) in [5.41, 5.74) is 0.914. The summed E-state index contributed by atoms with van der Waals surface area (Å²) < 4.78 is 0. The van der Waals surface area contributed by atoms with Gasteiger partial charge in [-0.1, -0.05) is 36.4 Å². The largest absolute Gasteiger partial charge is 0.376 e. The van der Waals surface area contributed by atoms with Crippen molar-refractivity contribution in [1.82, 2.24) is 5.32 Å². The molecule has 0 aliphatic heterocycles. The minimum atomic E-state index is -0.111. The number of nitrogens with one attached hydrogen (secondary N) is 2. The van der Waals surface area contributed by atoms with Gasteiger partial charge in [-0.05, 0) is 12.1 Å². The number of hydrogen-bond acceptors (Lipinski definition) is 2. The highest BCUT2D eigenvalue weighted by atomic mass is 35.5. The molecule has 4 heteroatoms. The van der Waals surface area contributed by atoms with E-state index in [0.717, 1.165) is 5.69 Å². The van der Waals surface area contributed by atoms with E-state index in [0.29, 0.717) is 11.6 Å². The van der Waals surface area contributed by atoms with Gasteiger partial charge >= 0.3 is 0 Å². The Morgan fingerprint density at radius 2 is 1.93 bits per heavy atom. The van der Waals surface area contributed by atoms with E-state index >= 15 is 0 Å². The van der Waals surface area contributed by atoms with E-state index < -0.39 is 0 Å². The third-order valence-corrected chi connectivity index (χ3v) is 1.84. The third-order valence-electron chi connectivity index (χ3n) is 1.70. The van der Waals surface area contributed by atoms with Crippen LogP contribution >= 0.6 is 11.6 Å². The van der Waals surface area contributed by atoms with Crippen LogP contribution in [0.25, 0.3) is 0 Å². The van der Waals surface area contributed by atoms with Crippen molar-refractivity contribution in [3.63, 3.8) is 0 Å². The van der Waals surface area contributed by atoms with Crippen LogP contribution in [0.1, 0.15) is 0 Å².